The average Bonchev–Trinajstić information content (AvgIpc) is 2.50. The van der Waals surface area contributed by atoms with Crippen LogP contribution in [0.5, 0.6) is 0 Å². The largest absolute Gasteiger partial charge is 0.466 e. The van der Waals surface area contributed by atoms with Gasteiger partial charge in [0.15, 0.2) is 0 Å². The van der Waals surface area contributed by atoms with Crippen LogP contribution in [0.4, 0.5) is 5.69 Å². The Hall–Kier alpha value is -1.66. The number of likely N-dealkylation sites (tertiary alicyclic amines) is 1. The van der Waals surface area contributed by atoms with Crippen molar-refractivity contribution >= 4 is 23.3 Å². The fourth-order valence-electron chi connectivity index (χ4n) is 2.78. The molecule has 0 amide bonds. The first kappa shape index (κ1) is 16.7. The summed E-state index contributed by atoms with van der Waals surface area (Å²) < 4.78 is 5.05. The second-order valence-electron chi connectivity index (χ2n) is 5.49. The zero-order valence-electron chi connectivity index (χ0n) is 12.5. The number of hydrogen-bond acceptors (Lipinski definition) is 4. The molecular weight excluding hydrogens is 308 g/mol. The van der Waals surface area contributed by atoms with E-state index in [1.165, 1.54) is 17.0 Å². The first-order chi connectivity index (χ1) is 10.5. The van der Waals surface area contributed by atoms with Gasteiger partial charge < -0.3 is 9.64 Å². The van der Waals surface area contributed by atoms with Gasteiger partial charge in [-0.2, -0.15) is 0 Å². The van der Waals surface area contributed by atoms with E-state index in [2.05, 4.69) is 0 Å². The summed E-state index contributed by atoms with van der Waals surface area (Å²) in [6.07, 6.45) is 1.56. The number of piperidine rings is 1. The lowest BCUT2D eigenvalue weighted by atomic mass is 9.96. The van der Waals surface area contributed by atoms with Crippen LogP contribution >= 0.6 is 11.6 Å². The van der Waals surface area contributed by atoms with E-state index in [4.69, 9.17) is 16.3 Å². The number of carbonyl (C=O) groups excluding carboxylic acids is 1. The van der Waals surface area contributed by atoms with Crippen molar-refractivity contribution in [2.45, 2.75) is 26.3 Å². The van der Waals surface area contributed by atoms with E-state index in [-0.39, 0.29) is 17.6 Å². The van der Waals surface area contributed by atoms with Gasteiger partial charge in [0, 0.05) is 35.6 Å². The molecule has 1 aliphatic rings. The molecule has 2 rings (SSSR count). The van der Waals surface area contributed by atoms with Crippen molar-refractivity contribution in [1.82, 2.24) is 0 Å². The first-order valence-corrected chi connectivity index (χ1v) is 7.82. The van der Waals surface area contributed by atoms with E-state index in [9.17, 15) is 14.9 Å². The van der Waals surface area contributed by atoms with Gasteiger partial charge in [-0.1, -0.05) is 11.6 Å². The minimum absolute atomic E-state index is 0.0238. The highest BCUT2D eigenvalue weighted by Gasteiger charge is 2.28. The van der Waals surface area contributed by atoms with E-state index in [1.54, 1.807) is 6.07 Å². The van der Waals surface area contributed by atoms with E-state index in [0.717, 1.165) is 31.5 Å². The molecule has 1 N–H and O–H groups in total. The van der Waals surface area contributed by atoms with Gasteiger partial charge in [0.05, 0.1) is 30.5 Å². The number of benzene rings is 1. The topological polar surface area (TPSA) is 73.9 Å². The van der Waals surface area contributed by atoms with Crippen molar-refractivity contribution in [3.05, 3.63) is 38.9 Å². The molecule has 1 fully saturated rings. The Balaban J connectivity index is 1.95. The number of quaternary nitrogens is 1. The summed E-state index contributed by atoms with van der Waals surface area (Å²) in [7, 11) is 0. The van der Waals surface area contributed by atoms with Gasteiger partial charge in [0.2, 0.25) is 0 Å². The van der Waals surface area contributed by atoms with E-state index >= 15 is 0 Å². The number of esters is 1. The molecule has 0 spiro atoms. The summed E-state index contributed by atoms with van der Waals surface area (Å²) >= 11 is 6.13. The smallest absolute Gasteiger partial charge is 0.309 e. The minimum atomic E-state index is -0.415. The SMILES string of the molecule is CCOC(=O)C1CC[NH+](Cc2cc([N+](=O)[O-])ccc2Cl)CC1. The van der Waals surface area contributed by atoms with Crippen LogP contribution in [0.1, 0.15) is 25.3 Å². The highest BCUT2D eigenvalue weighted by Crippen LogP contribution is 2.21. The molecule has 6 nitrogen and oxygen atoms in total. The first-order valence-electron chi connectivity index (χ1n) is 7.44. The fraction of sp³-hybridized carbons (Fsp3) is 0.533. The number of nitro groups is 1. The van der Waals surface area contributed by atoms with Crippen LogP contribution in [0.2, 0.25) is 5.02 Å². The number of ether oxygens (including phenoxy) is 1. The van der Waals surface area contributed by atoms with Crippen molar-refractivity contribution in [2.24, 2.45) is 5.92 Å². The van der Waals surface area contributed by atoms with E-state index in [1.807, 2.05) is 6.92 Å². The molecule has 1 heterocycles. The van der Waals surface area contributed by atoms with Crippen LogP contribution in [-0.4, -0.2) is 30.6 Å². The minimum Gasteiger partial charge on any atom is -0.466 e. The Morgan fingerprint density at radius 1 is 1.45 bits per heavy atom. The van der Waals surface area contributed by atoms with Crippen LogP contribution in [-0.2, 0) is 16.1 Å². The summed E-state index contributed by atoms with van der Waals surface area (Å²) in [4.78, 5) is 23.4. The Morgan fingerprint density at radius 2 is 2.14 bits per heavy atom. The van der Waals surface area contributed by atoms with Gasteiger partial charge in [-0.25, -0.2) is 0 Å². The van der Waals surface area contributed by atoms with Crippen LogP contribution in [0, 0.1) is 16.0 Å². The lowest BCUT2D eigenvalue weighted by Gasteiger charge is -2.28. The third-order valence-electron chi connectivity index (χ3n) is 3.99. The molecule has 0 aromatic heterocycles. The number of rotatable bonds is 5. The molecule has 0 unspecified atom stereocenters. The third kappa shape index (κ3) is 4.18. The fourth-order valence-corrected chi connectivity index (χ4v) is 2.96. The molecule has 1 aromatic rings. The average molecular weight is 328 g/mol. The predicted octanol–water partition coefficient (Wildman–Crippen LogP) is 1.61. The van der Waals surface area contributed by atoms with Crippen molar-refractivity contribution in [3.63, 3.8) is 0 Å². The number of hydrogen-bond donors (Lipinski definition) is 1. The summed E-state index contributed by atoms with van der Waals surface area (Å²) in [5.74, 6) is -0.140. The number of nitrogens with zero attached hydrogens (tertiary/aromatic N) is 1. The number of halogens is 1. The monoisotopic (exact) mass is 327 g/mol. The Bertz CT molecular complexity index is 556. The van der Waals surface area contributed by atoms with Crippen molar-refractivity contribution < 1.29 is 19.4 Å². The summed E-state index contributed by atoms with van der Waals surface area (Å²) in [5.41, 5.74) is 0.834. The summed E-state index contributed by atoms with van der Waals surface area (Å²) in [6.45, 7) is 4.53. The molecule has 1 aliphatic heterocycles. The Kier molecular flexibility index (Phi) is 5.74. The quantitative estimate of drug-likeness (QED) is 0.506. The van der Waals surface area contributed by atoms with Crippen LogP contribution < -0.4 is 4.90 Å². The molecule has 1 saturated heterocycles. The highest BCUT2D eigenvalue weighted by molar-refractivity contribution is 6.31. The lowest BCUT2D eigenvalue weighted by Crippen LogP contribution is -3.11. The molecule has 0 atom stereocenters. The summed E-state index contributed by atoms with van der Waals surface area (Å²) in [6, 6.07) is 4.51. The number of non-ortho nitro benzene ring substituents is 1. The molecule has 0 bridgehead atoms. The normalized spacial score (nSPS) is 21.4. The molecule has 0 aliphatic carbocycles. The Labute approximate surface area is 134 Å². The van der Waals surface area contributed by atoms with Crippen LogP contribution in [0.15, 0.2) is 18.2 Å². The zero-order valence-corrected chi connectivity index (χ0v) is 13.3. The molecule has 1 aromatic carbocycles. The van der Waals surface area contributed by atoms with Crippen molar-refractivity contribution in [3.8, 4) is 0 Å². The molecule has 22 heavy (non-hydrogen) atoms. The molecule has 0 saturated carbocycles. The highest BCUT2D eigenvalue weighted by atomic mass is 35.5. The standard InChI is InChI=1S/C15H19ClN2O4/c1-2-22-15(19)11-5-7-17(8-6-11)10-12-9-13(18(20)21)3-4-14(12)16/h3-4,9,11H,2,5-8,10H2,1H3/p+1. The van der Waals surface area contributed by atoms with Crippen molar-refractivity contribution in [1.29, 1.82) is 0 Å². The van der Waals surface area contributed by atoms with Gasteiger partial charge in [0.1, 0.15) is 6.54 Å². The molecular formula is C15H20ClN2O4+. The lowest BCUT2D eigenvalue weighted by molar-refractivity contribution is -0.919. The van der Waals surface area contributed by atoms with Crippen LogP contribution in [0.3, 0.4) is 0 Å². The Morgan fingerprint density at radius 3 is 2.73 bits per heavy atom. The summed E-state index contributed by atoms with van der Waals surface area (Å²) in [5, 5.41) is 11.4. The van der Waals surface area contributed by atoms with Gasteiger partial charge in [-0.3, -0.25) is 14.9 Å². The van der Waals surface area contributed by atoms with Gasteiger partial charge >= 0.3 is 5.97 Å². The maximum atomic E-state index is 11.7. The second-order valence-corrected chi connectivity index (χ2v) is 5.89. The van der Waals surface area contributed by atoms with Gasteiger partial charge in [0.25, 0.3) is 5.69 Å². The maximum Gasteiger partial charge on any atom is 0.309 e. The molecule has 7 heteroatoms. The van der Waals surface area contributed by atoms with Gasteiger partial charge in [-0.05, 0) is 13.0 Å². The van der Waals surface area contributed by atoms with E-state index in [0.29, 0.717) is 18.2 Å². The molecule has 0 radical (unpaired) electrons. The van der Waals surface area contributed by atoms with Gasteiger partial charge in [-0.15, -0.1) is 0 Å². The number of nitrogens with one attached hydrogen (secondary N) is 1. The van der Waals surface area contributed by atoms with E-state index < -0.39 is 4.92 Å². The molecule has 120 valence electrons. The third-order valence-corrected chi connectivity index (χ3v) is 4.36. The number of carbonyl (C=O) groups is 1. The van der Waals surface area contributed by atoms with Crippen LogP contribution in [0.25, 0.3) is 0 Å². The second kappa shape index (κ2) is 7.56. The van der Waals surface area contributed by atoms with Crippen molar-refractivity contribution in [2.75, 3.05) is 19.7 Å². The zero-order chi connectivity index (χ0) is 16.1. The maximum absolute atomic E-state index is 11.7. The number of nitro benzene ring substituents is 1. The predicted molar refractivity (Wildman–Crippen MR) is 81.9 cm³/mol.